The molecule has 1 aromatic heterocycles. The van der Waals surface area contributed by atoms with Crippen molar-refractivity contribution in [1.82, 2.24) is 25.0 Å². The van der Waals surface area contributed by atoms with E-state index in [1.807, 2.05) is 6.92 Å². The van der Waals surface area contributed by atoms with Crippen molar-refractivity contribution in [2.75, 3.05) is 26.2 Å². The molecule has 2 heterocycles. The van der Waals surface area contributed by atoms with Crippen LogP contribution in [0.4, 0.5) is 0 Å². The number of nitrogens with one attached hydrogen (secondary N) is 1. The number of aromatic nitrogens is 3. The van der Waals surface area contributed by atoms with Crippen LogP contribution in [0.1, 0.15) is 50.2 Å². The van der Waals surface area contributed by atoms with E-state index >= 15 is 0 Å². The van der Waals surface area contributed by atoms with Crippen molar-refractivity contribution in [1.29, 1.82) is 0 Å². The van der Waals surface area contributed by atoms with Crippen LogP contribution in [0.2, 0.25) is 0 Å². The van der Waals surface area contributed by atoms with Gasteiger partial charge >= 0.3 is 0 Å². The molecule has 7 heteroatoms. The number of nitrogens with zero attached hydrogens (tertiary/aromatic N) is 4. The molecule has 0 unspecified atom stereocenters. The minimum Gasteiger partial charge on any atom is -0.378 e. The zero-order valence-corrected chi connectivity index (χ0v) is 14.7. The molecule has 1 amide bonds. The first-order valence-electron chi connectivity index (χ1n) is 9.21. The second kappa shape index (κ2) is 8.58. The van der Waals surface area contributed by atoms with Crippen molar-refractivity contribution in [2.45, 2.75) is 64.6 Å². The van der Waals surface area contributed by atoms with Crippen molar-refractivity contribution in [2.24, 2.45) is 0 Å². The van der Waals surface area contributed by atoms with E-state index < -0.39 is 0 Å². The third-order valence-electron chi connectivity index (χ3n) is 4.93. The number of hydrogen-bond acceptors (Lipinski definition) is 5. The first kappa shape index (κ1) is 17.4. The molecular weight excluding hydrogens is 306 g/mol. The van der Waals surface area contributed by atoms with Crippen LogP contribution in [0.25, 0.3) is 0 Å². The minimum absolute atomic E-state index is 0.0809. The highest BCUT2D eigenvalue weighted by Gasteiger charge is 2.21. The largest absolute Gasteiger partial charge is 0.378 e. The molecule has 1 aliphatic carbocycles. The van der Waals surface area contributed by atoms with Crippen molar-refractivity contribution < 1.29 is 9.53 Å². The fourth-order valence-electron chi connectivity index (χ4n) is 3.53. The summed E-state index contributed by atoms with van der Waals surface area (Å²) in [5.74, 6) is 1.98. The third-order valence-corrected chi connectivity index (χ3v) is 4.93. The summed E-state index contributed by atoms with van der Waals surface area (Å²) in [6.45, 7) is 6.25. The monoisotopic (exact) mass is 335 g/mol. The van der Waals surface area contributed by atoms with Gasteiger partial charge in [0.2, 0.25) is 5.91 Å². The van der Waals surface area contributed by atoms with Crippen molar-refractivity contribution >= 4 is 5.91 Å². The minimum atomic E-state index is 0.0809. The molecule has 2 aliphatic rings. The number of hydrogen-bond donors (Lipinski definition) is 1. The molecular formula is C17H29N5O2. The van der Waals surface area contributed by atoms with E-state index in [-0.39, 0.29) is 5.91 Å². The van der Waals surface area contributed by atoms with Crippen LogP contribution in [0, 0.1) is 6.92 Å². The van der Waals surface area contributed by atoms with Crippen molar-refractivity contribution in [3.8, 4) is 0 Å². The van der Waals surface area contributed by atoms with Gasteiger partial charge in [-0.15, -0.1) is 10.2 Å². The Morgan fingerprint density at radius 1 is 1.25 bits per heavy atom. The number of aryl methyl sites for hydroxylation is 1. The van der Waals surface area contributed by atoms with Crippen LogP contribution in [-0.2, 0) is 22.6 Å². The second-order valence-corrected chi connectivity index (χ2v) is 6.86. The van der Waals surface area contributed by atoms with Gasteiger partial charge in [-0.25, -0.2) is 0 Å². The summed E-state index contributed by atoms with van der Waals surface area (Å²) in [5.41, 5.74) is 0. The Bertz CT molecular complexity index is 539. The summed E-state index contributed by atoms with van der Waals surface area (Å²) < 4.78 is 8.00. The maximum absolute atomic E-state index is 12.1. The van der Waals surface area contributed by atoms with E-state index in [1.165, 1.54) is 32.1 Å². The number of fused-ring (bicyclic) bond motifs is 1. The summed E-state index contributed by atoms with van der Waals surface area (Å²) in [6, 6.07) is 0. The number of carbonyl (C=O) groups is 1. The molecule has 0 spiro atoms. The molecule has 0 atom stereocenters. The topological polar surface area (TPSA) is 72.3 Å². The lowest BCUT2D eigenvalue weighted by molar-refractivity contribution is -0.122. The van der Waals surface area contributed by atoms with Gasteiger partial charge in [-0.05, 0) is 26.2 Å². The van der Waals surface area contributed by atoms with E-state index in [0.717, 1.165) is 37.8 Å². The fourth-order valence-corrected chi connectivity index (χ4v) is 3.53. The molecule has 1 fully saturated rings. The lowest BCUT2D eigenvalue weighted by atomic mass is 9.98. The van der Waals surface area contributed by atoms with E-state index in [1.54, 1.807) is 0 Å². The van der Waals surface area contributed by atoms with Gasteiger partial charge in [0.25, 0.3) is 0 Å². The lowest BCUT2D eigenvalue weighted by Crippen LogP contribution is -2.41. The molecule has 0 bridgehead atoms. The zero-order chi connectivity index (χ0) is 16.8. The molecule has 24 heavy (non-hydrogen) atoms. The zero-order valence-electron chi connectivity index (χ0n) is 14.7. The summed E-state index contributed by atoms with van der Waals surface area (Å²) in [7, 11) is 0. The predicted molar refractivity (Wildman–Crippen MR) is 90.5 cm³/mol. The number of carbonyl (C=O) groups excluding carboxylic acids is 1. The van der Waals surface area contributed by atoms with Gasteiger partial charge in [-0.2, -0.15) is 0 Å². The first-order valence-corrected chi connectivity index (χ1v) is 9.21. The molecule has 1 saturated carbocycles. The van der Waals surface area contributed by atoms with Gasteiger partial charge in [-0.3, -0.25) is 9.69 Å². The number of amides is 1. The van der Waals surface area contributed by atoms with E-state index in [2.05, 4.69) is 25.0 Å². The Morgan fingerprint density at radius 2 is 2.08 bits per heavy atom. The Labute approximate surface area is 143 Å². The molecule has 1 aromatic rings. The van der Waals surface area contributed by atoms with E-state index in [9.17, 15) is 4.79 Å². The number of rotatable bonds is 7. The van der Waals surface area contributed by atoms with Gasteiger partial charge in [0.05, 0.1) is 19.2 Å². The molecule has 0 radical (unpaired) electrons. The maximum atomic E-state index is 12.1. The van der Waals surface area contributed by atoms with Gasteiger partial charge in [0.15, 0.2) is 0 Å². The fraction of sp³-hybridized carbons (Fsp3) is 0.824. The highest BCUT2D eigenvalue weighted by Crippen LogP contribution is 2.20. The molecule has 1 aliphatic heterocycles. The second-order valence-electron chi connectivity index (χ2n) is 6.86. The Balaban J connectivity index is 1.28. The van der Waals surface area contributed by atoms with Crippen molar-refractivity contribution in [3.05, 3.63) is 11.6 Å². The van der Waals surface area contributed by atoms with Gasteiger partial charge in [0.1, 0.15) is 11.6 Å². The maximum Gasteiger partial charge on any atom is 0.234 e. The van der Waals surface area contributed by atoms with E-state index in [4.69, 9.17) is 4.74 Å². The van der Waals surface area contributed by atoms with Crippen LogP contribution in [-0.4, -0.2) is 57.9 Å². The third kappa shape index (κ3) is 4.77. The molecule has 0 aromatic carbocycles. The summed E-state index contributed by atoms with van der Waals surface area (Å²) >= 11 is 0. The molecule has 7 nitrogen and oxygen atoms in total. The summed E-state index contributed by atoms with van der Waals surface area (Å²) in [4.78, 5) is 14.2. The SMILES string of the molecule is Cc1nnc2n1CCN(CC(=O)NCCCOC1CCCCC1)C2. The molecule has 3 rings (SSSR count). The van der Waals surface area contributed by atoms with E-state index in [0.29, 0.717) is 25.7 Å². The van der Waals surface area contributed by atoms with Crippen LogP contribution < -0.4 is 5.32 Å². The van der Waals surface area contributed by atoms with Crippen LogP contribution in [0.3, 0.4) is 0 Å². The van der Waals surface area contributed by atoms with Gasteiger partial charge in [0, 0.05) is 26.2 Å². The standard InChI is InChI=1S/C17H29N5O2/c1-14-19-20-16-12-21(9-10-22(14)16)13-17(23)18-8-5-11-24-15-6-3-2-4-7-15/h15H,2-13H2,1H3,(H,18,23). The Morgan fingerprint density at radius 3 is 2.92 bits per heavy atom. The summed E-state index contributed by atoms with van der Waals surface area (Å²) in [5, 5.41) is 11.3. The highest BCUT2D eigenvalue weighted by molar-refractivity contribution is 5.77. The normalized spacial score (nSPS) is 19.2. The van der Waals surface area contributed by atoms with Crippen LogP contribution in [0.15, 0.2) is 0 Å². The summed E-state index contributed by atoms with van der Waals surface area (Å²) in [6.07, 6.45) is 7.67. The predicted octanol–water partition coefficient (Wildman–Crippen LogP) is 1.26. The molecule has 1 N–H and O–H groups in total. The smallest absolute Gasteiger partial charge is 0.234 e. The average molecular weight is 335 g/mol. The van der Waals surface area contributed by atoms with Gasteiger partial charge < -0.3 is 14.6 Å². The molecule has 134 valence electrons. The Hall–Kier alpha value is -1.47. The molecule has 0 saturated heterocycles. The highest BCUT2D eigenvalue weighted by atomic mass is 16.5. The van der Waals surface area contributed by atoms with Crippen LogP contribution in [0.5, 0.6) is 0 Å². The first-order chi connectivity index (χ1) is 11.7. The Kier molecular flexibility index (Phi) is 6.20. The van der Waals surface area contributed by atoms with Gasteiger partial charge in [-0.1, -0.05) is 19.3 Å². The number of ether oxygens (including phenoxy) is 1. The quantitative estimate of drug-likeness (QED) is 0.760. The van der Waals surface area contributed by atoms with Crippen LogP contribution >= 0.6 is 0 Å². The van der Waals surface area contributed by atoms with Crippen molar-refractivity contribution in [3.63, 3.8) is 0 Å². The lowest BCUT2D eigenvalue weighted by Gasteiger charge is -2.26. The average Bonchev–Trinajstić information content (AvgIpc) is 2.96.